The lowest BCUT2D eigenvalue weighted by atomic mass is 10.3. The summed E-state index contributed by atoms with van der Waals surface area (Å²) in [7, 11) is 0. The summed E-state index contributed by atoms with van der Waals surface area (Å²) in [5, 5.41) is 3.10. The number of nitrogens with one attached hydrogen (secondary N) is 1. The van der Waals surface area contributed by atoms with Gasteiger partial charge in [0.05, 0.1) is 12.3 Å². The normalized spacial score (nSPS) is 9.77. The zero-order valence-electron chi connectivity index (χ0n) is 7.93. The molecule has 1 N–H and O–H groups in total. The highest BCUT2D eigenvalue weighted by Gasteiger charge is 2.02. The number of hydrogen-bond donors (Lipinski definition) is 1. The molecule has 0 saturated heterocycles. The summed E-state index contributed by atoms with van der Waals surface area (Å²) in [5.41, 5.74) is 0.839. The van der Waals surface area contributed by atoms with E-state index >= 15 is 0 Å². The molecule has 13 heavy (non-hydrogen) atoms. The van der Waals surface area contributed by atoms with Gasteiger partial charge in [0.15, 0.2) is 0 Å². The molecule has 3 heteroatoms. The molecule has 0 aliphatic heterocycles. The van der Waals surface area contributed by atoms with Gasteiger partial charge in [-0.2, -0.15) is 0 Å². The van der Waals surface area contributed by atoms with E-state index in [4.69, 9.17) is 4.74 Å². The topological polar surface area (TPSA) is 21.3 Å². The minimum atomic E-state index is -0.273. The van der Waals surface area contributed by atoms with Crippen LogP contribution in [0.15, 0.2) is 18.2 Å². The molecule has 0 saturated carbocycles. The molecule has 1 aromatic rings. The van der Waals surface area contributed by atoms with Crippen molar-refractivity contribution in [1.29, 1.82) is 0 Å². The lowest BCUT2D eigenvalue weighted by Gasteiger charge is -2.10. The van der Waals surface area contributed by atoms with E-state index in [1.54, 1.807) is 6.07 Å². The number of anilines is 1. The fourth-order valence-electron chi connectivity index (χ4n) is 1.11. The maximum Gasteiger partial charge on any atom is 0.145 e. The third kappa shape index (κ3) is 2.61. The third-order valence-corrected chi connectivity index (χ3v) is 1.61. The number of hydrogen-bond acceptors (Lipinski definition) is 2. The summed E-state index contributed by atoms with van der Waals surface area (Å²) >= 11 is 0. The van der Waals surface area contributed by atoms with Crippen LogP contribution in [0.1, 0.15) is 13.8 Å². The van der Waals surface area contributed by atoms with Gasteiger partial charge in [-0.05, 0) is 26.0 Å². The minimum Gasteiger partial charge on any atom is -0.492 e. The second kappa shape index (κ2) is 4.70. The highest BCUT2D eigenvalue weighted by molar-refractivity contribution is 5.56. The number of halogens is 1. The van der Waals surface area contributed by atoms with E-state index in [0.717, 1.165) is 12.2 Å². The van der Waals surface area contributed by atoms with E-state index in [9.17, 15) is 4.39 Å². The molecule has 1 aromatic carbocycles. The van der Waals surface area contributed by atoms with Gasteiger partial charge >= 0.3 is 0 Å². The van der Waals surface area contributed by atoms with Crippen LogP contribution in [0.3, 0.4) is 0 Å². The lowest BCUT2D eigenvalue weighted by Crippen LogP contribution is -2.01. The largest absolute Gasteiger partial charge is 0.492 e. The van der Waals surface area contributed by atoms with E-state index in [1.807, 2.05) is 13.8 Å². The molecule has 0 radical (unpaired) electrons. The Kier molecular flexibility index (Phi) is 3.55. The second-order valence-corrected chi connectivity index (χ2v) is 2.60. The maximum absolute atomic E-state index is 12.8. The van der Waals surface area contributed by atoms with Crippen molar-refractivity contribution in [2.45, 2.75) is 13.8 Å². The summed E-state index contributed by atoms with van der Waals surface area (Å²) in [6.45, 7) is 5.20. The number of ether oxygens (including phenoxy) is 1. The predicted octanol–water partition coefficient (Wildman–Crippen LogP) is 2.66. The van der Waals surface area contributed by atoms with Crippen molar-refractivity contribution in [1.82, 2.24) is 0 Å². The molecule has 1 rings (SSSR count). The quantitative estimate of drug-likeness (QED) is 0.774. The summed E-state index contributed by atoms with van der Waals surface area (Å²) in [4.78, 5) is 0. The molecule has 0 bridgehead atoms. The van der Waals surface area contributed by atoms with Crippen LogP contribution in [0, 0.1) is 5.82 Å². The van der Waals surface area contributed by atoms with Crippen LogP contribution in [0.4, 0.5) is 10.1 Å². The first-order chi connectivity index (χ1) is 6.27. The molecule has 0 aromatic heterocycles. The smallest absolute Gasteiger partial charge is 0.145 e. The number of rotatable bonds is 4. The molecular formula is C10H14FNO. The first-order valence-electron chi connectivity index (χ1n) is 4.44. The highest BCUT2D eigenvalue weighted by atomic mass is 19.1. The minimum absolute atomic E-state index is 0.273. The van der Waals surface area contributed by atoms with Crippen molar-refractivity contribution < 1.29 is 9.13 Å². The molecule has 0 heterocycles. The Morgan fingerprint density at radius 1 is 1.38 bits per heavy atom. The molecular weight excluding hydrogens is 169 g/mol. The van der Waals surface area contributed by atoms with Crippen molar-refractivity contribution >= 4 is 5.69 Å². The first kappa shape index (κ1) is 9.84. The third-order valence-electron chi connectivity index (χ3n) is 1.61. The maximum atomic E-state index is 12.8. The van der Waals surface area contributed by atoms with E-state index in [2.05, 4.69) is 5.32 Å². The van der Waals surface area contributed by atoms with Gasteiger partial charge in [0, 0.05) is 12.6 Å². The van der Waals surface area contributed by atoms with Crippen LogP contribution in [-0.2, 0) is 0 Å². The van der Waals surface area contributed by atoms with Crippen LogP contribution in [0.25, 0.3) is 0 Å². The highest BCUT2D eigenvalue weighted by Crippen LogP contribution is 2.24. The van der Waals surface area contributed by atoms with Gasteiger partial charge in [-0.1, -0.05) is 0 Å². The fourth-order valence-corrected chi connectivity index (χ4v) is 1.11. The molecule has 0 aliphatic rings. The molecule has 2 nitrogen and oxygen atoms in total. The summed E-state index contributed by atoms with van der Waals surface area (Å²) < 4.78 is 18.1. The number of benzene rings is 1. The van der Waals surface area contributed by atoms with Crippen molar-refractivity contribution in [2.24, 2.45) is 0 Å². The van der Waals surface area contributed by atoms with Gasteiger partial charge in [-0.15, -0.1) is 0 Å². The molecule has 0 spiro atoms. The van der Waals surface area contributed by atoms with Gasteiger partial charge in [0.25, 0.3) is 0 Å². The monoisotopic (exact) mass is 183 g/mol. The predicted molar refractivity (Wildman–Crippen MR) is 51.7 cm³/mol. The Balaban J connectivity index is 2.89. The van der Waals surface area contributed by atoms with Crippen molar-refractivity contribution in [3.05, 3.63) is 24.0 Å². The van der Waals surface area contributed by atoms with Crippen molar-refractivity contribution in [2.75, 3.05) is 18.5 Å². The average Bonchev–Trinajstić information content (AvgIpc) is 2.10. The molecule has 0 fully saturated rings. The Hall–Kier alpha value is -1.25. The van der Waals surface area contributed by atoms with Gasteiger partial charge in [-0.25, -0.2) is 4.39 Å². The zero-order valence-corrected chi connectivity index (χ0v) is 7.93. The van der Waals surface area contributed by atoms with Crippen LogP contribution in [-0.4, -0.2) is 13.2 Å². The standard InChI is InChI=1S/C10H14FNO/c1-3-12-9-6-5-8(11)7-10(9)13-4-2/h5-7,12H,3-4H2,1-2H3. The van der Waals surface area contributed by atoms with Crippen molar-refractivity contribution in [3.8, 4) is 5.75 Å². The van der Waals surface area contributed by atoms with Gasteiger partial charge in [-0.3, -0.25) is 0 Å². The van der Waals surface area contributed by atoms with Crippen molar-refractivity contribution in [3.63, 3.8) is 0 Å². The second-order valence-electron chi connectivity index (χ2n) is 2.60. The summed E-state index contributed by atoms with van der Waals surface area (Å²) in [5.74, 6) is 0.300. The summed E-state index contributed by atoms with van der Waals surface area (Å²) in [6, 6.07) is 4.49. The van der Waals surface area contributed by atoms with Crippen LogP contribution in [0.5, 0.6) is 5.75 Å². The van der Waals surface area contributed by atoms with E-state index in [-0.39, 0.29) is 5.82 Å². The molecule has 0 unspecified atom stereocenters. The van der Waals surface area contributed by atoms with Crippen LogP contribution < -0.4 is 10.1 Å². The SMILES string of the molecule is CCNc1ccc(F)cc1OCC. The Bertz CT molecular complexity index is 276. The summed E-state index contributed by atoms with van der Waals surface area (Å²) in [6.07, 6.45) is 0. The van der Waals surface area contributed by atoms with Crippen LogP contribution >= 0.6 is 0 Å². The van der Waals surface area contributed by atoms with E-state index in [0.29, 0.717) is 12.4 Å². The van der Waals surface area contributed by atoms with E-state index < -0.39 is 0 Å². The Morgan fingerprint density at radius 3 is 2.77 bits per heavy atom. The fraction of sp³-hybridized carbons (Fsp3) is 0.400. The molecule has 0 atom stereocenters. The Labute approximate surface area is 77.7 Å². The molecule has 0 amide bonds. The molecule has 0 aliphatic carbocycles. The first-order valence-corrected chi connectivity index (χ1v) is 4.44. The van der Waals surface area contributed by atoms with Gasteiger partial charge in [0.2, 0.25) is 0 Å². The van der Waals surface area contributed by atoms with Gasteiger partial charge < -0.3 is 10.1 Å². The Morgan fingerprint density at radius 2 is 2.15 bits per heavy atom. The zero-order chi connectivity index (χ0) is 9.68. The van der Waals surface area contributed by atoms with Crippen LogP contribution in [0.2, 0.25) is 0 Å². The van der Waals surface area contributed by atoms with Gasteiger partial charge in [0.1, 0.15) is 11.6 Å². The average molecular weight is 183 g/mol. The van der Waals surface area contributed by atoms with E-state index in [1.165, 1.54) is 12.1 Å². The lowest BCUT2D eigenvalue weighted by molar-refractivity contribution is 0.340. The molecule has 72 valence electrons.